The molecule has 2 aromatic rings. The van der Waals surface area contributed by atoms with Crippen molar-refractivity contribution in [3.63, 3.8) is 0 Å². The second-order valence-corrected chi connectivity index (χ2v) is 3.70. The maximum absolute atomic E-state index is 10.5. The number of rotatable bonds is 2. The minimum Gasteiger partial charge on any atom is -0.481 e. The van der Waals surface area contributed by atoms with Crippen LogP contribution in [0.5, 0.6) is 0 Å². The number of fused-ring (bicyclic) bond motifs is 1. The lowest BCUT2D eigenvalue weighted by Crippen LogP contribution is -1.98. The molecule has 2 rings (SSSR count). The molecule has 14 heavy (non-hydrogen) atoms. The molecule has 0 aliphatic carbocycles. The second-order valence-electron chi connectivity index (χ2n) is 2.91. The van der Waals surface area contributed by atoms with Crippen LogP contribution in [0.25, 0.3) is 11.0 Å². The maximum Gasteiger partial charge on any atom is 0.311 e. The molecule has 0 saturated heterocycles. The van der Waals surface area contributed by atoms with Gasteiger partial charge in [0.1, 0.15) is 17.8 Å². The molecule has 0 aliphatic heterocycles. The van der Waals surface area contributed by atoms with Crippen LogP contribution in [0.3, 0.4) is 0 Å². The Morgan fingerprint density at radius 2 is 2.14 bits per heavy atom. The van der Waals surface area contributed by atoms with E-state index in [1.807, 2.05) is 24.3 Å². The summed E-state index contributed by atoms with van der Waals surface area (Å²) in [7, 11) is 0. The summed E-state index contributed by atoms with van der Waals surface area (Å²) in [4.78, 5) is 10.5. The van der Waals surface area contributed by atoms with Gasteiger partial charge in [-0.2, -0.15) is 0 Å². The second kappa shape index (κ2) is 3.46. The zero-order chi connectivity index (χ0) is 10.1. The fourth-order valence-corrected chi connectivity index (χ4v) is 1.86. The topological polar surface area (TPSA) is 50.4 Å². The normalized spacial score (nSPS) is 10.6. The molecule has 0 saturated carbocycles. The Balaban J connectivity index is 2.57. The lowest BCUT2D eigenvalue weighted by Gasteiger charge is -1.89. The summed E-state index contributed by atoms with van der Waals surface area (Å²) >= 11 is 3.32. The van der Waals surface area contributed by atoms with E-state index in [4.69, 9.17) is 9.52 Å². The SMILES string of the molecule is O=C(O)Cc1oc2ccccc2c1Br. The summed E-state index contributed by atoms with van der Waals surface area (Å²) in [5.74, 6) is -0.441. The van der Waals surface area contributed by atoms with Gasteiger partial charge in [0.05, 0.1) is 4.47 Å². The molecule has 0 aliphatic rings. The molecule has 0 fully saturated rings. The van der Waals surface area contributed by atoms with Gasteiger partial charge in [-0.3, -0.25) is 4.79 Å². The Hall–Kier alpha value is -1.29. The molecule has 1 aromatic carbocycles. The number of furan rings is 1. The van der Waals surface area contributed by atoms with Crippen LogP contribution in [-0.4, -0.2) is 11.1 Å². The van der Waals surface area contributed by atoms with E-state index in [1.54, 1.807) is 0 Å². The largest absolute Gasteiger partial charge is 0.481 e. The minimum atomic E-state index is -0.898. The van der Waals surface area contributed by atoms with Crippen LogP contribution < -0.4 is 0 Å². The van der Waals surface area contributed by atoms with Crippen molar-refractivity contribution < 1.29 is 14.3 Å². The number of halogens is 1. The zero-order valence-electron chi connectivity index (χ0n) is 7.16. The number of hydrogen-bond acceptors (Lipinski definition) is 2. The van der Waals surface area contributed by atoms with Gasteiger partial charge in [0.2, 0.25) is 0 Å². The first-order chi connectivity index (χ1) is 6.68. The highest BCUT2D eigenvalue weighted by Gasteiger charge is 2.13. The first kappa shape index (κ1) is 9.27. The van der Waals surface area contributed by atoms with Gasteiger partial charge in [0.25, 0.3) is 0 Å². The molecule has 0 amide bonds. The van der Waals surface area contributed by atoms with Gasteiger partial charge >= 0.3 is 5.97 Å². The maximum atomic E-state index is 10.5. The highest BCUT2D eigenvalue weighted by molar-refractivity contribution is 9.10. The number of hydrogen-bond donors (Lipinski definition) is 1. The molecule has 0 bridgehead atoms. The molecule has 4 heteroatoms. The molecule has 1 aromatic heterocycles. The van der Waals surface area contributed by atoms with Crippen molar-refractivity contribution in [2.75, 3.05) is 0 Å². The van der Waals surface area contributed by atoms with Crippen LogP contribution >= 0.6 is 15.9 Å². The molecule has 0 atom stereocenters. The van der Waals surface area contributed by atoms with E-state index in [-0.39, 0.29) is 6.42 Å². The molecule has 0 spiro atoms. The summed E-state index contributed by atoms with van der Waals surface area (Å²) in [6, 6.07) is 7.43. The van der Waals surface area contributed by atoms with Crippen LogP contribution in [0.2, 0.25) is 0 Å². The molecule has 1 N–H and O–H groups in total. The summed E-state index contributed by atoms with van der Waals surface area (Å²) in [6.45, 7) is 0. The highest BCUT2D eigenvalue weighted by Crippen LogP contribution is 2.30. The van der Waals surface area contributed by atoms with E-state index >= 15 is 0 Å². The third-order valence-corrected chi connectivity index (χ3v) is 2.78. The number of carboxylic acid groups (broad SMARTS) is 1. The van der Waals surface area contributed by atoms with Crippen LogP contribution in [-0.2, 0) is 11.2 Å². The fraction of sp³-hybridized carbons (Fsp3) is 0.100. The summed E-state index contributed by atoms with van der Waals surface area (Å²) in [6.07, 6.45) is -0.102. The molecular formula is C10H7BrO3. The monoisotopic (exact) mass is 254 g/mol. The molecule has 3 nitrogen and oxygen atoms in total. The number of aliphatic carboxylic acids is 1. The number of benzene rings is 1. The van der Waals surface area contributed by atoms with Crippen molar-refractivity contribution in [3.05, 3.63) is 34.5 Å². The lowest BCUT2D eigenvalue weighted by atomic mass is 10.2. The summed E-state index contributed by atoms with van der Waals surface area (Å²) < 4.78 is 6.11. The van der Waals surface area contributed by atoms with Crippen molar-refractivity contribution in [2.24, 2.45) is 0 Å². The predicted molar refractivity (Wildman–Crippen MR) is 55.3 cm³/mol. The van der Waals surface area contributed by atoms with Gasteiger partial charge in [0, 0.05) is 5.39 Å². The Morgan fingerprint density at radius 3 is 2.79 bits per heavy atom. The van der Waals surface area contributed by atoms with E-state index in [0.29, 0.717) is 11.3 Å². The molecule has 1 heterocycles. The first-order valence-corrected chi connectivity index (χ1v) is 4.85. The molecule has 0 radical (unpaired) electrons. The van der Waals surface area contributed by atoms with Gasteiger partial charge in [-0.25, -0.2) is 0 Å². The van der Waals surface area contributed by atoms with E-state index in [0.717, 1.165) is 9.86 Å². The fourth-order valence-electron chi connectivity index (χ4n) is 1.32. The Bertz CT molecular complexity index is 487. The first-order valence-electron chi connectivity index (χ1n) is 4.06. The average Bonchev–Trinajstić information content (AvgIpc) is 2.44. The smallest absolute Gasteiger partial charge is 0.311 e. The van der Waals surface area contributed by atoms with Crippen LogP contribution in [0.4, 0.5) is 0 Å². The Kier molecular flexibility index (Phi) is 2.29. The van der Waals surface area contributed by atoms with E-state index in [9.17, 15) is 4.79 Å². The van der Waals surface area contributed by atoms with Crippen molar-refractivity contribution >= 4 is 32.9 Å². The predicted octanol–water partition coefficient (Wildman–Crippen LogP) is 2.82. The van der Waals surface area contributed by atoms with Crippen molar-refractivity contribution in [3.8, 4) is 0 Å². The van der Waals surface area contributed by atoms with Gasteiger partial charge in [-0.1, -0.05) is 12.1 Å². The van der Waals surface area contributed by atoms with Crippen molar-refractivity contribution in [1.29, 1.82) is 0 Å². The molecule has 0 unspecified atom stereocenters. The zero-order valence-corrected chi connectivity index (χ0v) is 8.74. The Morgan fingerprint density at radius 1 is 1.43 bits per heavy atom. The highest BCUT2D eigenvalue weighted by atomic mass is 79.9. The average molecular weight is 255 g/mol. The minimum absolute atomic E-state index is 0.102. The molecule has 72 valence electrons. The van der Waals surface area contributed by atoms with Crippen LogP contribution in [0.1, 0.15) is 5.76 Å². The summed E-state index contributed by atoms with van der Waals surface area (Å²) in [5.41, 5.74) is 0.704. The number of carbonyl (C=O) groups is 1. The van der Waals surface area contributed by atoms with Gasteiger partial charge in [-0.15, -0.1) is 0 Å². The Labute approximate surface area is 88.5 Å². The molecular weight excluding hydrogens is 248 g/mol. The third kappa shape index (κ3) is 1.53. The van der Waals surface area contributed by atoms with Crippen molar-refractivity contribution in [2.45, 2.75) is 6.42 Å². The van der Waals surface area contributed by atoms with Gasteiger partial charge in [0.15, 0.2) is 0 Å². The van der Waals surface area contributed by atoms with E-state index in [1.165, 1.54) is 0 Å². The quantitative estimate of drug-likeness (QED) is 0.897. The van der Waals surface area contributed by atoms with E-state index < -0.39 is 5.97 Å². The van der Waals surface area contributed by atoms with E-state index in [2.05, 4.69) is 15.9 Å². The van der Waals surface area contributed by atoms with Gasteiger partial charge in [-0.05, 0) is 28.1 Å². The summed E-state index contributed by atoms with van der Waals surface area (Å²) in [5, 5.41) is 9.54. The van der Waals surface area contributed by atoms with Gasteiger partial charge < -0.3 is 9.52 Å². The number of carboxylic acids is 1. The number of para-hydroxylation sites is 1. The van der Waals surface area contributed by atoms with Crippen molar-refractivity contribution in [1.82, 2.24) is 0 Å². The lowest BCUT2D eigenvalue weighted by molar-refractivity contribution is -0.136. The third-order valence-electron chi connectivity index (χ3n) is 1.91. The standard InChI is InChI=1S/C10H7BrO3/c11-10-6-3-1-2-4-7(6)14-8(10)5-9(12)13/h1-4H,5H2,(H,12,13). The van der Waals surface area contributed by atoms with Crippen LogP contribution in [0.15, 0.2) is 33.2 Å². The van der Waals surface area contributed by atoms with Crippen LogP contribution in [0, 0.1) is 0 Å².